The second kappa shape index (κ2) is 7.84. The minimum Gasteiger partial charge on any atom is -0.481 e. The van der Waals surface area contributed by atoms with Crippen LogP contribution in [0.4, 0.5) is 0 Å². The van der Waals surface area contributed by atoms with E-state index < -0.39 is 11.9 Å². The first kappa shape index (κ1) is 14.7. The van der Waals surface area contributed by atoms with Gasteiger partial charge in [-0.25, -0.2) is 0 Å². The van der Waals surface area contributed by atoms with Crippen LogP contribution in [-0.4, -0.2) is 49.8 Å². The minimum absolute atomic E-state index is 0.473. The van der Waals surface area contributed by atoms with Crippen LogP contribution in [0.1, 0.15) is 17.9 Å². The zero-order valence-corrected chi connectivity index (χ0v) is 11.0. The van der Waals surface area contributed by atoms with Crippen LogP contribution >= 0.6 is 0 Å². The highest BCUT2D eigenvalue weighted by Crippen LogP contribution is 2.16. The number of hydrogen-bond donors (Lipinski definition) is 1. The molecule has 18 heavy (non-hydrogen) atoms. The van der Waals surface area contributed by atoms with Crippen molar-refractivity contribution in [2.75, 3.05) is 33.9 Å². The fourth-order valence-electron chi connectivity index (χ4n) is 1.89. The average Bonchev–Trinajstić information content (AvgIpc) is 2.37. The van der Waals surface area contributed by atoms with Gasteiger partial charge in [0.05, 0.1) is 5.92 Å². The molecule has 1 aromatic rings. The maximum atomic E-state index is 11.3. The highest BCUT2D eigenvalue weighted by molar-refractivity contribution is 5.76. The van der Waals surface area contributed by atoms with Gasteiger partial charge in [0.15, 0.2) is 0 Å². The lowest BCUT2D eigenvalue weighted by Crippen LogP contribution is -2.30. The molecule has 1 aromatic carbocycles. The molecule has 0 aliphatic heterocycles. The van der Waals surface area contributed by atoms with E-state index in [-0.39, 0.29) is 0 Å². The van der Waals surface area contributed by atoms with Gasteiger partial charge in [-0.05, 0) is 19.0 Å². The molecule has 0 aromatic heterocycles. The first-order chi connectivity index (χ1) is 8.65. The standard InChI is InChI=1S/C14H21NO3/c1-15(9-6-10-18-2)11-13(14(16)17)12-7-4-3-5-8-12/h3-5,7-8,13H,6,9-11H2,1-2H3,(H,16,17). The van der Waals surface area contributed by atoms with E-state index >= 15 is 0 Å². The molecule has 1 rings (SSSR count). The van der Waals surface area contributed by atoms with E-state index in [1.54, 1.807) is 7.11 Å². The Morgan fingerprint density at radius 1 is 1.39 bits per heavy atom. The summed E-state index contributed by atoms with van der Waals surface area (Å²) in [4.78, 5) is 13.3. The minimum atomic E-state index is -0.778. The fraction of sp³-hybridized carbons (Fsp3) is 0.500. The Balaban J connectivity index is 2.56. The first-order valence-electron chi connectivity index (χ1n) is 6.10. The number of carbonyl (C=O) groups is 1. The number of hydrogen-bond acceptors (Lipinski definition) is 3. The van der Waals surface area contributed by atoms with Crippen LogP contribution in [0.5, 0.6) is 0 Å². The molecule has 1 atom stereocenters. The molecule has 0 spiro atoms. The number of carboxylic acid groups (broad SMARTS) is 1. The predicted molar refractivity (Wildman–Crippen MR) is 70.8 cm³/mol. The second-order valence-electron chi connectivity index (χ2n) is 4.41. The number of carboxylic acids is 1. The predicted octanol–water partition coefficient (Wildman–Crippen LogP) is 1.82. The molecule has 0 fully saturated rings. The largest absolute Gasteiger partial charge is 0.481 e. The topological polar surface area (TPSA) is 49.8 Å². The van der Waals surface area contributed by atoms with E-state index in [2.05, 4.69) is 0 Å². The summed E-state index contributed by atoms with van der Waals surface area (Å²) in [7, 11) is 3.61. The zero-order valence-electron chi connectivity index (χ0n) is 11.0. The van der Waals surface area contributed by atoms with Gasteiger partial charge in [0, 0.05) is 26.8 Å². The molecule has 0 saturated heterocycles. The number of likely N-dealkylation sites (N-methyl/N-ethyl adjacent to an activating group) is 1. The molecule has 1 N–H and O–H groups in total. The van der Waals surface area contributed by atoms with Gasteiger partial charge < -0.3 is 14.7 Å². The van der Waals surface area contributed by atoms with Crippen LogP contribution in [0.25, 0.3) is 0 Å². The molecule has 1 unspecified atom stereocenters. The van der Waals surface area contributed by atoms with Crippen molar-refractivity contribution in [2.24, 2.45) is 0 Å². The molecule has 0 radical (unpaired) electrons. The van der Waals surface area contributed by atoms with Gasteiger partial charge in [-0.15, -0.1) is 0 Å². The molecule has 100 valence electrons. The molecular weight excluding hydrogens is 230 g/mol. The van der Waals surface area contributed by atoms with Gasteiger partial charge in [-0.2, -0.15) is 0 Å². The Hall–Kier alpha value is -1.39. The van der Waals surface area contributed by atoms with Crippen molar-refractivity contribution >= 4 is 5.97 Å². The third kappa shape index (κ3) is 4.85. The van der Waals surface area contributed by atoms with Gasteiger partial charge >= 0.3 is 5.97 Å². The van der Waals surface area contributed by atoms with Crippen molar-refractivity contribution in [1.29, 1.82) is 0 Å². The van der Waals surface area contributed by atoms with Crippen LogP contribution in [0.15, 0.2) is 30.3 Å². The first-order valence-corrected chi connectivity index (χ1v) is 6.10. The summed E-state index contributed by atoms with van der Waals surface area (Å²) in [6, 6.07) is 9.36. The molecule has 0 bridgehead atoms. The Kier molecular flexibility index (Phi) is 6.39. The van der Waals surface area contributed by atoms with Crippen molar-refractivity contribution in [3.63, 3.8) is 0 Å². The normalized spacial score (nSPS) is 12.6. The molecule has 0 saturated carbocycles. The number of nitrogens with zero attached hydrogens (tertiary/aromatic N) is 1. The van der Waals surface area contributed by atoms with E-state index in [1.807, 2.05) is 42.3 Å². The van der Waals surface area contributed by atoms with Crippen LogP contribution < -0.4 is 0 Å². The van der Waals surface area contributed by atoms with E-state index in [0.717, 1.165) is 18.5 Å². The van der Waals surface area contributed by atoms with E-state index in [9.17, 15) is 9.90 Å². The second-order valence-corrected chi connectivity index (χ2v) is 4.41. The van der Waals surface area contributed by atoms with Crippen molar-refractivity contribution in [3.05, 3.63) is 35.9 Å². The maximum absolute atomic E-state index is 11.3. The van der Waals surface area contributed by atoms with E-state index in [4.69, 9.17) is 4.74 Å². The molecule has 0 aliphatic rings. The summed E-state index contributed by atoms with van der Waals surface area (Å²) in [6.45, 7) is 2.06. The van der Waals surface area contributed by atoms with Gasteiger partial charge in [-0.3, -0.25) is 4.79 Å². The Bertz CT molecular complexity index is 353. The zero-order chi connectivity index (χ0) is 13.4. The Morgan fingerprint density at radius 3 is 2.61 bits per heavy atom. The summed E-state index contributed by atoms with van der Waals surface area (Å²) in [5.41, 5.74) is 0.851. The summed E-state index contributed by atoms with van der Waals surface area (Å²) in [6.07, 6.45) is 0.911. The quantitative estimate of drug-likeness (QED) is 0.716. The van der Waals surface area contributed by atoms with Crippen molar-refractivity contribution in [3.8, 4) is 0 Å². The van der Waals surface area contributed by atoms with Crippen LogP contribution in [0.3, 0.4) is 0 Å². The average molecular weight is 251 g/mol. The number of methoxy groups -OCH3 is 1. The third-order valence-electron chi connectivity index (χ3n) is 2.88. The van der Waals surface area contributed by atoms with Crippen LogP contribution in [0.2, 0.25) is 0 Å². The van der Waals surface area contributed by atoms with Crippen molar-refractivity contribution in [1.82, 2.24) is 4.90 Å². The van der Waals surface area contributed by atoms with E-state index in [1.165, 1.54) is 0 Å². The molecule has 4 heteroatoms. The SMILES string of the molecule is COCCCN(C)CC(C(=O)O)c1ccccc1. The number of benzene rings is 1. The summed E-state index contributed by atoms with van der Waals surface area (Å²) in [5, 5.41) is 9.30. The lowest BCUT2D eigenvalue weighted by molar-refractivity contribution is -0.139. The third-order valence-corrected chi connectivity index (χ3v) is 2.88. The number of aliphatic carboxylic acids is 1. The highest BCUT2D eigenvalue weighted by atomic mass is 16.5. The van der Waals surface area contributed by atoms with Gasteiger partial charge in [0.2, 0.25) is 0 Å². The Morgan fingerprint density at radius 2 is 2.06 bits per heavy atom. The molecule has 0 heterocycles. The molecule has 0 amide bonds. The molecule has 4 nitrogen and oxygen atoms in total. The maximum Gasteiger partial charge on any atom is 0.312 e. The van der Waals surface area contributed by atoms with Crippen molar-refractivity contribution in [2.45, 2.75) is 12.3 Å². The van der Waals surface area contributed by atoms with E-state index in [0.29, 0.717) is 13.2 Å². The lowest BCUT2D eigenvalue weighted by Gasteiger charge is -2.21. The molecular formula is C14H21NO3. The highest BCUT2D eigenvalue weighted by Gasteiger charge is 2.21. The van der Waals surface area contributed by atoms with Crippen molar-refractivity contribution < 1.29 is 14.6 Å². The number of ether oxygens (including phenoxy) is 1. The van der Waals surface area contributed by atoms with Gasteiger partial charge in [-0.1, -0.05) is 30.3 Å². The molecule has 0 aliphatic carbocycles. The fourth-order valence-corrected chi connectivity index (χ4v) is 1.89. The lowest BCUT2D eigenvalue weighted by atomic mass is 9.99. The number of rotatable bonds is 8. The Labute approximate surface area is 108 Å². The smallest absolute Gasteiger partial charge is 0.312 e. The summed E-state index contributed by atoms with van der Waals surface area (Å²) >= 11 is 0. The van der Waals surface area contributed by atoms with Gasteiger partial charge in [0.1, 0.15) is 0 Å². The van der Waals surface area contributed by atoms with Gasteiger partial charge in [0.25, 0.3) is 0 Å². The van der Waals surface area contributed by atoms with Crippen LogP contribution in [-0.2, 0) is 9.53 Å². The summed E-state index contributed by atoms with van der Waals surface area (Å²) in [5.74, 6) is -1.25. The monoisotopic (exact) mass is 251 g/mol. The van der Waals surface area contributed by atoms with Crippen LogP contribution in [0, 0.1) is 0 Å². The summed E-state index contributed by atoms with van der Waals surface area (Å²) < 4.78 is 4.99.